The number of nitrogens with one attached hydrogen (secondary N) is 1. The van der Waals surface area contributed by atoms with Gasteiger partial charge in [-0.15, -0.1) is 6.58 Å². The highest BCUT2D eigenvalue weighted by Gasteiger charge is 2.70. The van der Waals surface area contributed by atoms with Crippen molar-refractivity contribution in [3.8, 4) is 0 Å². The Morgan fingerprint density at radius 2 is 1.88 bits per heavy atom. The molecule has 7 rings (SSSR count). The number of esters is 1. The molecule has 0 amide bonds. The fraction of sp³-hybridized carbons (Fsp3) is 0.700. The Morgan fingerprint density at radius 1 is 1.15 bits per heavy atom. The number of H-pyrrole nitrogens is 1. The average Bonchev–Trinajstić information content (AvgIpc) is 3.93. The molecular weight excluding hydrogens is 670 g/mol. The third-order valence-electron chi connectivity index (χ3n) is 13.5. The van der Waals surface area contributed by atoms with Crippen LogP contribution in [0.1, 0.15) is 102 Å². The van der Waals surface area contributed by atoms with Gasteiger partial charge in [-0.05, 0) is 68.4 Å². The van der Waals surface area contributed by atoms with E-state index in [4.69, 9.17) is 18.9 Å². The Balaban J connectivity index is 1.30. The van der Waals surface area contributed by atoms with E-state index in [2.05, 4.69) is 24.6 Å². The fourth-order valence-electron chi connectivity index (χ4n) is 10.8. The molecular formula is C40H55NO11. The zero-order valence-electron chi connectivity index (χ0n) is 30.4. The number of fused-ring (bicyclic) bond motifs is 2. The molecule has 2 bridgehead atoms. The van der Waals surface area contributed by atoms with Gasteiger partial charge in [-0.1, -0.05) is 44.8 Å². The molecule has 0 aromatic carbocycles. The molecule has 9 atom stereocenters. The molecule has 12 heteroatoms. The summed E-state index contributed by atoms with van der Waals surface area (Å²) < 4.78 is 25.4. The van der Waals surface area contributed by atoms with Crippen LogP contribution in [-0.4, -0.2) is 98.6 Å². The van der Waals surface area contributed by atoms with Crippen molar-refractivity contribution in [1.82, 2.24) is 4.98 Å². The molecule has 1 saturated heterocycles. The van der Waals surface area contributed by atoms with Crippen molar-refractivity contribution in [3.05, 3.63) is 46.6 Å². The molecule has 4 aliphatic carbocycles. The van der Waals surface area contributed by atoms with Gasteiger partial charge in [0.2, 0.25) is 0 Å². The molecule has 1 aromatic rings. The number of aliphatic hydroxyl groups excluding tert-OH is 3. The average molecular weight is 726 g/mol. The summed E-state index contributed by atoms with van der Waals surface area (Å²) in [5.41, 5.74) is -2.23. The highest BCUT2D eigenvalue weighted by molar-refractivity contribution is 5.90. The largest absolute Gasteiger partial charge is 0.481 e. The van der Waals surface area contributed by atoms with Crippen LogP contribution >= 0.6 is 0 Å². The van der Waals surface area contributed by atoms with Gasteiger partial charge < -0.3 is 49.5 Å². The van der Waals surface area contributed by atoms with Crippen LogP contribution in [-0.2, 0) is 28.5 Å². The quantitative estimate of drug-likeness (QED) is 0.137. The summed E-state index contributed by atoms with van der Waals surface area (Å²) in [4.78, 5) is 28.8. The van der Waals surface area contributed by atoms with Crippen molar-refractivity contribution in [1.29, 1.82) is 0 Å². The summed E-state index contributed by atoms with van der Waals surface area (Å²) in [6.07, 6.45) is 7.07. The standard InChI is InChI=1S/C40H55NO11/c1-4-24-25(19-32(44)45)27(35(46)49-3)20-38(14-7-8-15-38)34(24)51-37-39(48)16-13-28-26-18-29(22(2)23-10-5-6-11-23)41-33(26)30(12-9-17-42)52-40(28,36(39)47)31(21-43)50-37/h4,18,20,22-25,31,34,36-37,41-43,47-48H,1,5-17,19,21H2,2-3H3,(H,44,45)/t22-,24-,25+,31-,34+,36-,37+,39-,40-/m1/s1. The van der Waals surface area contributed by atoms with E-state index in [1.165, 1.54) is 32.8 Å². The lowest BCUT2D eigenvalue weighted by atomic mass is 9.62. The van der Waals surface area contributed by atoms with E-state index in [0.717, 1.165) is 34.7 Å². The minimum atomic E-state index is -1.98. The molecule has 0 radical (unpaired) electrons. The van der Waals surface area contributed by atoms with E-state index in [1.807, 2.05) is 6.08 Å². The number of rotatable bonds is 12. The lowest BCUT2D eigenvalue weighted by Gasteiger charge is -2.61. The van der Waals surface area contributed by atoms with Gasteiger partial charge in [-0.25, -0.2) is 4.79 Å². The van der Waals surface area contributed by atoms with Crippen LogP contribution in [0.15, 0.2) is 30.4 Å². The summed E-state index contributed by atoms with van der Waals surface area (Å²) in [6.45, 7) is 5.66. The molecule has 4 fully saturated rings. The first-order valence-corrected chi connectivity index (χ1v) is 19.2. The number of aromatic amines is 1. The van der Waals surface area contributed by atoms with Gasteiger partial charge in [0.1, 0.15) is 23.6 Å². The zero-order valence-corrected chi connectivity index (χ0v) is 30.4. The summed E-state index contributed by atoms with van der Waals surface area (Å²) >= 11 is 0. The maximum atomic E-state index is 13.1. The fourth-order valence-corrected chi connectivity index (χ4v) is 10.8. The minimum Gasteiger partial charge on any atom is -0.481 e. The lowest BCUT2D eigenvalue weighted by molar-refractivity contribution is -0.378. The second kappa shape index (κ2) is 14.3. The topological polar surface area (TPSA) is 188 Å². The van der Waals surface area contributed by atoms with E-state index < -0.39 is 71.6 Å². The van der Waals surface area contributed by atoms with Gasteiger partial charge in [-0.2, -0.15) is 0 Å². The molecule has 1 aromatic heterocycles. The molecule has 3 saturated carbocycles. The second-order valence-electron chi connectivity index (χ2n) is 16.1. The molecule has 2 aliphatic heterocycles. The third-order valence-corrected chi connectivity index (χ3v) is 13.5. The van der Waals surface area contributed by atoms with E-state index in [1.54, 1.807) is 6.08 Å². The van der Waals surface area contributed by atoms with Gasteiger partial charge in [0.15, 0.2) is 11.9 Å². The molecule has 3 heterocycles. The summed E-state index contributed by atoms with van der Waals surface area (Å²) in [6, 6.07) is 2.14. The van der Waals surface area contributed by atoms with E-state index in [-0.39, 0.29) is 30.9 Å². The highest BCUT2D eigenvalue weighted by atomic mass is 16.7. The van der Waals surface area contributed by atoms with Crippen LogP contribution in [0.25, 0.3) is 11.3 Å². The van der Waals surface area contributed by atoms with Crippen molar-refractivity contribution in [3.63, 3.8) is 0 Å². The number of carbonyl (C=O) groups excluding carboxylic acids is 1. The number of aliphatic hydroxyl groups is 4. The number of aliphatic carboxylic acids is 1. The lowest BCUT2D eigenvalue weighted by Crippen LogP contribution is -2.78. The highest BCUT2D eigenvalue weighted by Crippen LogP contribution is 2.57. The van der Waals surface area contributed by atoms with Gasteiger partial charge in [0.05, 0.1) is 31.6 Å². The van der Waals surface area contributed by atoms with Crippen molar-refractivity contribution in [2.24, 2.45) is 23.2 Å². The molecule has 0 unspecified atom stereocenters. The molecule has 286 valence electrons. The number of methoxy groups -OCH3 is 1. The Morgan fingerprint density at radius 3 is 2.52 bits per heavy atom. The van der Waals surface area contributed by atoms with E-state index in [9.17, 15) is 35.1 Å². The first-order valence-electron chi connectivity index (χ1n) is 19.2. The van der Waals surface area contributed by atoms with Crippen molar-refractivity contribution in [2.75, 3.05) is 20.3 Å². The maximum absolute atomic E-state index is 13.1. The smallest absolute Gasteiger partial charge is 0.333 e. The Bertz CT molecular complexity index is 1700. The van der Waals surface area contributed by atoms with Crippen LogP contribution in [0.4, 0.5) is 0 Å². The zero-order chi connectivity index (χ0) is 37.0. The second-order valence-corrected chi connectivity index (χ2v) is 16.1. The van der Waals surface area contributed by atoms with Crippen LogP contribution in [0.3, 0.4) is 0 Å². The number of carboxylic acids is 1. The minimum absolute atomic E-state index is 0.0667. The van der Waals surface area contributed by atoms with Crippen molar-refractivity contribution < 1.29 is 54.1 Å². The number of carboxylic acid groups (broad SMARTS) is 1. The van der Waals surface area contributed by atoms with Crippen LogP contribution in [0, 0.1) is 23.2 Å². The van der Waals surface area contributed by atoms with Crippen LogP contribution < -0.4 is 10.6 Å². The SMILES string of the molecule is C=C[C@@H]1[C@H](CC(=O)O)C(C(=O)OC)=CC2(CCCC2)[C@H]1O[C@@H]1O[C@H](CO)[C@]23OC(CCCO)=c4[nH]c([C@H](C)C5CCCC5)cc4=C2CC[C@@]1(O)[C@H]3O. The monoisotopic (exact) mass is 725 g/mol. The van der Waals surface area contributed by atoms with Crippen LogP contribution in [0.5, 0.6) is 0 Å². The molecule has 6 N–H and O–H groups in total. The number of ether oxygens (including phenoxy) is 4. The van der Waals surface area contributed by atoms with Gasteiger partial charge in [0, 0.05) is 46.8 Å². The summed E-state index contributed by atoms with van der Waals surface area (Å²) in [5, 5.41) is 57.5. The van der Waals surface area contributed by atoms with Gasteiger partial charge in [0.25, 0.3) is 0 Å². The number of carbonyl (C=O) groups is 2. The van der Waals surface area contributed by atoms with Gasteiger partial charge in [-0.3, -0.25) is 4.79 Å². The van der Waals surface area contributed by atoms with Gasteiger partial charge >= 0.3 is 11.9 Å². The van der Waals surface area contributed by atoms with Crippen molar-refractivity contribution in [2.45, 2.75) is 132 Å². The number of aromatic nitrogens is 1. The molecule has 2 spiro atoms. The summed E-state index contributed by atoms with van der Waals surface area (Å²) in [5.74, 6) is -1.82. The maximum Gasteiger partial charge on any atom is 0.333 e. The first kappa shape index (κ1) is 37.3. The molecule has 12 nitrogen and oxygen atoms in total. The molecule has 6 aliphatic rings. The number of hydrogen-bond acceptors (Lipinski definition) is 10. The van der Waals surface area contributed by atoms with E-state index in [0.29, 0.717) is 43.8 Å². The first-order chi connectivity index (χ1) is 25.0. The predicted octanol–water partition coefficient (Wildman–Crippen LogP) is 2.66. The van der Waals surface area contributed by atoms with Crippen LogP contribution in [0.2, 0.25) is 0 Å². The Labute approximate surface area is 304 Å². The Hall–Kier alpha value is -3.00. The summed E-state index contributed by atoms with van der Waals surface area (Å²) in [7, 11) is 1.27. The van der Waals surface area contributed by atoms with Crippen molar-refractivity contribution >= 4 is 23.3 Å². The molecule has 52 heavy (non-hydrogen) atoms. The van der Waals surface area contributed by atoms with E-state index >= 15 is 0 Å². The number of hydrogen-bond donors (Lipinski definition) is 6. The normalized spacial score (nSPS) is 35.8. The Kier molecular flexibility index (Phi) is 10.3. The third kappa shape index (κ3) is 5.80. The predicted molar refractivity (Wildman–Crippen MR) is 189 cm³/mol.